The minimum Gasteiger partial charge on any atom is -0.493 e. The standard InChI is InChI=1S/C19H18ClN3O2/c20-16-5-2-7-18(13-16)25-11-8-19(24)22-17-6-1-4-15(12-17)14-23-10-3-9-21-23/h1-7,9-10,12-13H,8,11,14H2,(H,22,24). The Morgan fingerprint density at radius 1 is 1.16 bits per heavy atom. The number of aromatic nitrogens is 2. The molecule has 1 amide bonds. The molecule has 0 aliphatic carbocycles. The number of anilines is 1. The summed E-state index contributed by atoms with van der Waals surface area (Å²) in [6, 6.07) is 16.7. The molecule has 2 aromatic carbocycles. The number of hydrogen-bond donors (Lipinski definition) is 1. The highest BCUT2D eigenvalue weighted by atomic mass is 35.5. The molecule has 0 saturated carbocycles. The third-order valence-electron chi connectivity index (χ3n) is 3.51. The molecule has 0 atom stereocenters. The molecule has 0 aliphatic heterocycles. The van der Waals surface area contributed by atoms with Crippen molar-refractivity contribution in [3.05, 3.63) is 77.6 Å². The van der Waals surface area contributed by atoms with Gasteiger partial charge in [0.1, 0.15) is 5.75 Å². The van der Waals surface area contributed by atoms with Gasteiger partial charge < -0.3 is 10.1 Å². The van der Waals surface area contributed by atoms with E-state index in [0.717, 1.165) is 11.3 Å². The zero-order valence-electron chi connectivity index (χ0n) is 13.6. The van der Waals surface area contributed by atoms with E-state index in [0.29, 0.717) is 23.9 Å². The van der Waals surface area contributed by atoms with Crippen molar-refractivity contribution in [3.8, 4) is 5.75 Å². The summed E-state index contributed by atoms with van der Waals surface area (Å²) in [4.78, 5) is 12.1. The molecule has 3 rings (SSSR count). The Bertz CT molecular complexity index is 834. The lowest BCUT2D eigenvalue weighted by Gasteiger charge is -2.09. The van der Waals surface area contributed by atoms with E-state index >= 15 is 0 Å². The number of benzene rings is 2. The molecule has 25 heavy (non-hydrogen) atoms. The van der Waals surface area contributed by atoms with E-state index in [1.807, 2.05) is 53.3 Å². The van der Waals surface area contributed by atoms with Crippen LogP contribution in [0.3, 0.4) is 0 Å². The van der Waals surface area contributed by atoms with Gasteiger partial charge in [0.2, 0.25) is 5.91 Å². The Morgan fingerprint density at radius 3 is 2.84 bits per heavy atom. The zero-order chi connectivity index (χ0) is 17.5. The van der Waals surface area contributed by atoms with Gasteiger partial charge in [-0.2, -0.15) is 5.10 Å². The van der Waals surface area contributed by atoms with Gasteiger partial charge in [-0.1, -0.05) is 29.8 Å². The lowest BCUT2D eigenvalue weighted by Crippen LogP contribution is -2.15. The van der Waals surface area contributed by atoms with E-state index < -0.39 is 0 Å². The van der Waals surface area contributed by atoms with Crippen LogP contribution in [0.2, 0.25) is 5.02 Å². The fourth-order valence-corrected chi connectivity index (χ4v) is 2.55. The summed E-state index contributed by atoms with van der Waals surface area (Å²) >= 11 is 5.89. The highest BCUT2D eigenvalue weighted by Crippen LogP contribution is 2.17. The summed E-state index contributed by atoms with van der Waals surface area (Å²) < 4.78 is 7.37. The molecule has 0 aliphatic rings. The van der Waals surface area contributed by atoms with Crippen LogP contribution >= 0.6 is 11.6 Å². The van der Waals surface area contributed by atoms with E-state index in [2.05, 4.69) is 10.4 Å². The smallest absolute Gasteiger partial charge is 0.227 e. The molecule has 1 N–H and O–H groups in total. The van der Waals surface area contributed by atoms with Crippen molar-refractivity contribution < 1.29 is 9.53 Å². The fourth-order valence-electron chi connectivity index (χ4n) is 2.37. The van der Waals surface area contributed by atoms with Crippen molar-refractivity contribution in [1.29, 1.82) is 0 Å². The normalized spacial score (nSPS) is 10.4. The minimum absolute atomic E-state index is 0.0988. The number of halogens is 1. The molecule has 6 heteroatoms. The third kappa shape index (κ3) is 5.36. The SMILES string of the molecule is O=C(CCOc1cccc(Cl)c1)Nc1cccc(Cn2cccn2)c1. The number of carbonyl (C=O) groups is 1. The molecule has 0 radical (unpaired) electrons. The Kier molecular flexibility index (Phi) is 5.69. The van der Waals surface area contributed by atoms with Gasteiger partial charge in [-0.25, -0.2) is 0 Å². The number of nitrogens with one attached hydrogen (secondary N) is 1. The van der Waals surface area contributed by atoms with Gasteiger partial charge in [0.25, 0.3) is 0 Å². The molecule has 0 fully saturated rings. The highest BCUT2D eigenvalue weighted by molar-refractivity contribution is 6.30. The van der Waals surface area contributed by atoms with Gasteiger partial charge in [0.05, 0.1) is 19.6 Å². The third-order valence-corrected chi connectivity index (χ3v) is 3.74. The van der Waals surface area contributed by atoms with Gasteiger partial charge in [0, 0.05) is 23.1 Å². The molecule has 0 spiro atoms. The molecule has 0 saturated heterocycles. The lowest BCUT2D eigenvalue weighted by molar-refractivity contribution is -0.116. The number of carbonyl (C=O) groups excluding carboxylic acids is 1. The number of rotatable bonds is 7. The van der Waals surface area contributed by atoms with Crippen molar-refractivity contribution >= 4 is 23.2 Å². The van der Waals surface area contributed by atoms with Crippen LogP contribution in [0, 0.1) is 0 Å². The predicted molar refractivity (Wildman–Crippen MR) is 98.0 cm³/mol. The Balaban J connectivity index is 1.49. The molecule has 1 aromatic heterocycles. The van der Waals surface area contributed by atoms with Crippen molar-refractivity contribution in [3.63, 3.8) is 0 Å². The second kappa shape index (κ2) is 8.35. The quantitative estimate of drug-likeness (QED) is 0.697. The highest BCUT2D eigenvalue weighted by Gasteiger charge is 2.05. The largest absolute Gasteiger partial charge is 0.493 e. The van der Waals surface area contributed by atoms with Gasteiger partial charge in [-0.05, 0) is 42.0 Å². The van der Waals surface area contributed by atoms with E-state index in [1.54, 1.807) is 18.3 Å². The predicted octanol–water partition coefficient (Wildman–Crippen LogP) is 3.99. The van der Waals surface area contributed by atoms with E-state index in [9.17, 15) is 4.79 Å². The first-order chi connectivity index (χ1) is 12.2. The van der Waals surface area contributed by atoms with Crippen LogP contribution in [0.25, 0.3) is 0 Å². The van der Waals surface area contributed by atoms with Crippen LogP contribution < -0.4 is 10.1 Å². The van der Waals surface area contributed by atoms with Gasteiger partial charge in [-0.15, -0.1) is 0 Å². The van der Waals surface area contributed by atoms with Gasteiger partial charge >= 0.3 is 0 Å². The Labute approximate surface area is 151 Å². The first-order valence-corrected chi connectivity index (χ1v) is 8.31. The summed E-state index contributed by atoms with van der Waals surface area (Å²) in [7, 11) is 0. The van der Waals surface area contributed by atoms with Crippen LogP contribution in [-0.4, -0.2) is 22.3 Å². The maximum Gasteiger partial charge on any atom is 0.227 e. The molecule has 5 nitrogen and oxygen atoms in total. The van der Waals surface area contributed by atoms with E-state index in [1.165, 1.54) is 0 Å². The monoisotopic (exact) mass is 355 g/mol. The van der Waals surface area contributed by atoms with Crippen LogP contribution in [0.5, 0.6) is 5.75 Å². The summed E-state index contributed by atoms with van der Waals surface area (Å²) in [5.74, 6) is 0.555. The summed E-state index contributed by atoms with van der Waals surface area (Å²) in [5, 5.41) is 7.67. The first kappa shape index (κ1) is 17.0. The van der Waals surface area contributed by atoms with Crippen molar-refractivity contribution in [2.24, 2.45) is 0 Å². The Morgan fingerprint density at radius 2 is 2.04 bits per heavy atom. The average Bonchev–Trinajstić information content (AvgIpc) is 3.08. The maximum atomic E-state index is 12.1. The lowest BCUT2D eigenvalue weighted by atomic mass is 10.2. The number of nitrogens with zero attached hydrogens (tertiary/aromatic N) is 2. The van der Waals surface area contributed by atoms with Crippen LogP contribution in [-0.2, 0) is 11.3 Å². The second-order valence-corrected chi connectivity index (χ2v) is 5.94. The summed E-state index contributed by atoms with van der Waals surface area (Å²) in [5.41, 5.74) is 1.83. The topological polar surface area (TPSA) is 56.1 Å². The second-order valence-electron chi connectivity index (χ2n) is 5.51. The summed E-state index contributed by atoms with van der Waals surface area (Å²) in [6.07, 6.45) is 3.90. The van der Waals surface area contributed by atoms with Crippen molar-refractivity contribution in [2.75, 3.05) is 11.9 Å². The molecular weight excluding hydrogens is 338 g/mol. The minimum atomic E-state index is -0.0988. The molecule has 1 heterocycles. The van der Waals surface area contributed by atoms with Crippen molar-refractivity contribution in [1.82, 2.24) is 9.78 Å². The van der Waals surface area contributed by atoms with E-state index in [-0.39, 0.29) is 12.3 Å². The van der Waals surface area contributed by atoms with Crippen LogP contribution in [0.1, 0.15) is 12.0 Å². The first-order valence-electron chi connectivity index (χ1n) is 7.94. The summed E-state index contributed by atoms with van der Waals surface area (Å²) in [6.45, 7) is 0.952. The molecule has 3 aromatic rings. The fraction of sp³-hybridized carbons (Fsp3) is 0.158. The van der Waals surface area contributed by atoms with Gasteiger partial charge in [0.15, 0.2) is 0 Å². The number of hydrogen-bond acceptors (Lipinski definition) is 3. The van der Waals surface area contributed by atoms with Gasteiger partial charge in [-0.3, -0.25) is 9.48 Å². The zero-order valence-corrected chi connectivity index (χ0v) is 14.3. The van der Waals surface area contributed by atoms with Crippen LogP contribution in [0.4, 0.5) is 5.69 Å². The maximum absolute atomic E-state index is 12.1. The number of ether oxygens (including phenoxy) is 1. The van der Waals surface area contributed by atoms with Crippen molar-refractivity contribution in [2.45, 2.75) is 13.0 Å². The molecule has 0 unspecified atom stereocenters. The average molecular weight is 356 g/mol. The molecule has 128 valence electrons. The molecular formula is C19H18ClN3O2. The van der Waals surface area contributed by atoms with Crippen LogP contribution in [0.15, 0.2) is 67.0 Å². The number of amides is 1. The van der Waals surface area contributed by atoms with E-state index in [4.69, 9.17) is 16.3 Å². The Hall–Kier alpha value is -2.79. The molecule has 0 bridgehead atoms.